The molecule has 2 aliphatic heterocycles. The third kappa shape index (κ3) is 2.98. The van der Waals surface area contributed by atoms with Crippen molar-refractivity contribution in [2.45, 2.75) is 45.1 Å². The maximum Gasteiger partial charge on any atom is 0.410 e. The number of ether oxygens (including phenoxy) is 1. The minimum atomic E-state index is -0.507. The summed E-state index contributed by atoms with van der Waals surface area (Å²) in [5, 5.41) is 0. The Kier molecular flexibility index (Phi) is 4.64. The molecule has 2 fully saturated rings. The zero-order valence-corrected chi connectivity index (χ0v) is 18.0. The van der Waals surface area contributed by atoms with Crippen molar-refractivity contribution < 1.29 is 14.3 Å². The molecule has 2 saturated heterocycles. The van der Waals surface area contributed by atoms with Gasteiger partial charge in [0.1, 0.15) is 12.2 Å². The highest BCUT2D eigenvalue weighted by atomic mass is 16.6. The molecule has 0 N–H and O–H groups in total. The van der Waals surface area contributed by atoms with Gasteiger partial charge in [-0.15, -0.1) is 0 Å². The molecule has 162 valence electrons. The highest BCUT2D eigenvalue weighted by molar-refractivity contribution is 5.95. The van der Waals surface area contributed by atoms with E-state index in [1.165, 1.54) is 11.1 Å². The number of pyridine rings is 1. The Bertz CT molecular complexity index is 1140. The van der Waals surface area contributed by atoms with Gasteiger partial charge in [0.25, 0.3) is 11.5 Å². The Balaban J connectivity index is 1.52. The summed E-state index contributed by atoms with van der Waals surface area (Å²) in [6, 6.07) is 7.90. The molecule has 7 heteroatoms. The summed E-state index contributed by atoms with van der Waals surface area (Å²) in [5.74, 6) is -0.267. The number of cyclic esters (lactones) is 1. The second-order valence-electron chi connectivity index (χ2n) is 8.83. The van der Waals surface area contributed by atoms with E-state index in [2.05, 4.69) is 6.07 Å². The van der Waals surface area contributed by atoms with Gasteiger partial charge in [-0.2, -0.15) is 0 Å². The molecule has 5 rings (SSSR count). The van der Waals surface area contributed by atoms with E-state index in [4.69, 9.17) is 4.74 Å². The van der Waals surface area contributed by atoms with Gasteiger partial charge in [0.05, 0.1) is 11.2 Å². The van der Waals surface area contributed by atoms with Crippen LogP contribution in [0.2, 0.25) is 0 Å². The van der Waals surface area contributed by atoms with Crippen LogP contribution in [0, 0.1) is 6.92 Å². The number of piperazine rings is 1. The van der Waals surface area contributed by atoms with Gasteiger partial charge in [0.2, 0.25) is 0 Å². The Hall–Kier alpha value is -3.09. The van der Waals surface area contributed by atoms with Crippen LogP contribution in [0.15, 0.2) is 35.3 Å². The lowest BCUT2D eigenvalue weighted by Crippen LogP contribution is -2.62. The van der Waals surface area contributed by atoms with Crippen LogP contribution < -0.4 is 5.56 Å². The molecular weight excluding hydrogens is 394 g/mol. The molecule has 31 heavy (non-hydrogen) atoms. The average Bonchev–Trinajstić information content (AvgIpc) is 3.38. The fourth-order valence-electron chi connectivity index (χ4n) is 5.30. The van der Waals surface area contributed by atoms with E-state index in [1.807, 2.05) is 32.0 Å². The largest absolute Gasteiger partial charge is 0.447 e. The predicted octanol–water partition coefficient (Wildman–Crippen LogP) is 2.69. The number of amides is 2. The van der Waals surface area contributed by atoms with Crippen LogP contribution in [-0.4, -0.2) is 58.1 Å². The molecule has 7 nitrogen and oxygen atoms in total. The molecule has 3 aliphatic rings. The minimum Gasteiger partial charge on any atom is -0.447 e. The molecule has 1 atom stereocenters. The van der Waals surface area contributed by atoms with E-state index in [-0.39, 0.29) is 29.7 Å². The Labute approximate surface area is 181 Å². The second-order valence-corrected chi connectivity index (χ2v) is 8.83. The number of hydrogen-bond donors (Lipinski definition) is 0. The van der Waals surface area contributed by atoms with Crippen LogP contribution in [0.5, 0.6) is 0 Å². The number of rotatable bonds is 3. The molecule has 1 aromatic carbocycles. The summed E-state index contributed by atoms with van der Waals surface area (Å²) in [6.07, 6.45) is 5.21. The third-order valence-electron chi connectivity index (χ3n) is 7.18. The first-order chi connectivity index (χ1) is 14.9. The molecule has 0 spiro atoms. The van der Waals surface area contributed by atoms with Crippen molar-refractivity contribution in [3.05, 3.63) is 63.1 Å². The van der Waals surface area contributed by atoms with Crippen LogP contribution in [-0.2, 0) is 17.6 Å². The first-order valence-electron chi connectivity index (χ1n) is 11.0. The normalized spacial score (nSPS) is 22.3. The zero-order valence-electron chi connectivity index (χ0n) is 18.0. The molecule has 3 heterocycles. The predicted molar refractivity (Wildman–Crippen MR) is 116 cm³/mol. The van der Waals surface area contributed by atoms with Gasteiger partial charge >= 0.3 is 6.09 Å². The quantitative estimate of drug-likeness (QED) is 0.764. The third-order valence-corrected chi connectivity index (χ3v) is 7.18. The van der Waals surface area contributed by atoms with Crippen molar-refractivity contribution in [2.24, 2.45) is 0 Å². The van der Waals surface area contributed by atoms with E-state index >= 15 is 0 Å². The lowest BCUT2D eigenvalue weighted by molar-refractivity contribution is 0.0359. The SMILES string of the molecule is CCC12COC(=O)N1CCN(C(=O)c1c(C)ccn(-c3cccc4c3CCC4)c1=O)C2. The zero-order chi connectivity index (χ0) is 21.8. The number of carbonyl (C=O) groups is 2. The van der Waals surface area contributed by atoms with Gasteiger partial charge in [-0.25, -0.2) is 4.79 Å². The summed E-state index contributed by atoms with van der Waals surface area (Å²) in [7, 11) is 0. The number of carbonyl (C=O) groups excluding carboxylic acids is 2. The number of benzene rings is 1. The highest BCUT2D eigenvalue weighted by Crippen LogP contribution is 2.32. The van der Waals surface area contributed by atoms with Gasteiger partial charge in [-0.3, -0.25) is 19.1 Å². The van der Waals surface area contributed by atoms with Crippen molar-refractivity contribution in [2.75, 3.05) is 26.2 Å². The topological polar surface area (TPSA) is 71.8 Å². The van der Waals surface area contributed by atoms with Gasteiger partial charge in [-0.05, 0) is 61.4 Å². The molecule has 2 amide bonds. The summed E-state index contributed by atoms with van der Waals surface area (Å²) >= 11 is 0. The first-order valence-corrected chi connectivity index (χ1v) is 11.0. The van der Waals surface area contributed by atoms with Crippen LogP contribution in [0.25, 0.3) is 5.69 Å². The summed E-state index contributed by atoms with van der Waals surface area (Å²) in [6.45, 7) is 5.28. The standard InChI is InChI=1S/C24H27N3O4/c1-3-24-14-25(12-13-27(24)23(30)31-15-24)21(28)20-16(2)10-11-26(22(20)29)19-9-5-7-17-6-4-8-18(17)19/h5,7,9-11H,3-4,6,8,12-15H2,1-2H3. The Morgan fingerprint density at radius 3 is 2.81 bits per heavy atom. The van der Waals surface area contributed by atoms with E-state index in [0.29, 0.717) is 31.6 Å². The molecule has 0 radical (unpaired) electrons. The smallest absolute Gasteiger partial charge is 0.410 e. The highest BCUT2D eigenvalue weighted by Gasteiger charge is 2.50. The maximum atomic E-state index is 13.6. The van der Waals surface area contributed by atoms with Crippen molar-refractivity contribution in [3.8, 4) is 5.69 Å². The summed E-state index contributed by atoms with van der Waals surface area (Å²) in [4.78, 5) is 42.6. The van der Waals surface area contributed by atoms with Crippen molar-refractivity contribution in [3.63, 3.8) is 0 Å². The van der Waals surface area contributed by atoms with Crippen LogP contribution >= 0.6 is 0 Å². The Morgan fingerprint density at radius 1 is 1.16 bits per heavy atom. The number of fused-ring (bicyclic) bond motifs is 2. The number of aryl methyl sites for hydroxylation is 2. The molecular formula is C24H27N3O4. The Morgan fingerprint density at radius 2 is 2.00 bits per heavy atom. The van der Waals surface area contributed by atoms with Gasteiger partial charge in [-0.1, -0.05) is 19.1 Å². The van der Waals surface area contributed by atoms with E-state index in [0.717, 1.165) is 24.9 Å². The van der Waals surface area contributed by atoms with Crippen LogP contribution in [0.3, 0.4) is 0 Å². The lowest BCUT2D eigenvalue weighted by Gasteiger charge is -2.44. The van der Waals surface area contributed by atoms with Crippen LogP contribution in [0.1, 0.15) is 46.8 Å². The lowest BCUT2D eigenvalue weighted by atomic mass is 9.92. The van der Waals surface area contributed by atoms with Crippen LogP contribution in [0.4, 0.5) is 4.79 Å². The number of nitrogens with zero attached hydrogens (tertiary/aromatic N) is 3. The number of aromatic nitrogens is 1. The molecule has 2 aromatic rings. The monoisotopic (exact) mass is 421 g/mol. The summed E-state index contributed by atoms with van der Waals surface area (Å²) < 4.78 is 6.90. The van der Waals surface area contributed by atoms with Gasteiger partial charge in [0, 0.05) is 25.8 Å². The maximum absolute atomic E-state index is 13.6. The minimum absolute atomic E-state index is 0.211. The molecule has 1 aliphatic carbocycles. The second kappa shape index (κ2) is 7.25. The number of hydrogen-bond acceptors (Lipinski definition) is 4. The van der Waals surface area contributed by atoms with E-state index < -0.39 is 5.54 Å². The van der Waals surface area contributed by atoms with E-state index in [9.17, 15) is 14.4 Å². The van der Waals surface area contributed by atoms with Crippen molar-refractivity contribution in [1.82, 2.24) is 14.4 Å². The van der Waals surface area contributed by atoms with Crippen molar-refractivity contribution in [1.29, 1.82) is 0 Å². The fourth-order valence-corrected chi connectivity index (χ4v) is 5.30. The summed E-state index contributed by atoms with van der Waals surface area (Å²) in [5.41, 5.74) is 3.45. The van der Waals surface area contributed by atoms with Crippen molar-refractivity contribution >= 4 is 12.0 Å². The van der Waals surface area contributed by atoms with E-state index in [1.54, 1.807) is 20.6 Å². The first kappa shape index (κ1) is 19.8. The fraction of sp³-hybridized carbons (Fsp3) is 0.458. The molecule has 0 saturated carbocycles. The van der Waals surface area contributed by atoms with Gasteiger partial charge < -0.3 is 9.64 Å². The molecule has 1 unspecified atom stereocenters. The van der Waals surface area contributed by atoms with Gasteiger partial charge in [0.15, 0.2) is 0 Å². The molecule has 0 bridgehead atoms. The average molecular weight is 421 g/mol. The molecule has 1 aromatic heterocycles.